The minimum Gasteiger partial charge on any atom is -0.390 e. The van der Waals surface area contributed by atoms with Crippen molar-refractivity contribution in [3.05, 3.63) is 95.8 Å². The predicted octanol–water partition coefficient (Wildman–Crippen LogP) is 4.97. The van der Waals surface area contributed by atoms with Crippen LogP contribution in [0.15, 0.2) is 84.7 Å². The Morgan fingerprint density at radius 1 is 0.733 bits per heavy atom. The molecule has 0 radical (unpaired) electrons. The molecule has 0 N–H and O–H groups in total. The Kier molecular flexibility index (Phi) is 9.28. The van der Waals surface area contributed by atoms with E-state index in [1.165, 1.54) is 26.0 Å². The zero-order valence-electron chi connectivity index (χ0n) is 16.6. The molecule has 2 rings (SSSR count). The molecule has 0 bridgehead atoms. The molecule has 0 saturated carbocycles. The molecule has 0 atom stereocenters. The maximum Gasteiger partial charge on any atom is 0.811 e. The number of carbonyl (C=O) groups is 2. The highest BCUT2D eigenvalue weighted by molar-refractivity contribution is 7.33. The van der Waals surface area contributed by atoms with Crippen LogP contribution in [-0.2, 0) is 45.5 Å². The monoisotopic (exact) mass is 429 g/mol. The van der Waals surface area contributed by atoms with Gasteiger partial charge in [0.15, 0.2) is 0 Å². The van der Waals surface area contributed by atoms with E-state index in [1.54, 1.807) is 0 Å². The van der Waals surface area contributed by atoms with Crippen LogP contribution < -0.4 is 0 Å². The quantitative estimate of drug-likeness (QED) is 0.299. The number of allylic oxidation sites excluding steroid dienone is 2. The van der Waals surface area contributed by atoms with Gasteiger partial charge in [-0.2, -0.15) is 9.05 Å². The number of carbonyl (C=O) groups excluding carboxylic acids is 2. The highest BCUT2D eigenvalue weighted by Crippen LogP contribution is 2.32. The van der Waals surface area contributed by atoms with Gasteiger partial charge in [-0.05, 0) is 24.0 Å². The molecule has 30 heavy (non-hydrogen) atoms. The summed E-state index contributed by atoms with van der Waals surface area (Å²) in [6.45, 7) is 2.38. The lowest BCUT2D eigenvalue weighted by Gasteiger charge is -2.03. The molecular weight excluding hydrogens is 407 g/mol. The Hall–Kier alpha value is -3.44. The first-order chi connectivity index (χ1) is 14.4. The number of rotatable bonds is 10. The van der Waals surface area contributed by atoms with Crippen LogP contribution in [0.1, 0.15) is 25.0 Å². The lowest BCUT2D eigenvalue weighted by molar-refractivity contribution is -0.140. The second-order valence-electron chi connectivity index (χ2n) is 6.02. The molecule has 0 amide bonds. The lowest BCUT2D eigenvalue weighted by Crippen LogP contribution is -2.03. The van der Waals surface area contributed by atoms with Crippen LogP contribution >= 0.6 is 8.25 Å². The average Bonchev–Trinajstić information content (AvgIpc) is 2.71. The fraction of sp³-hybridized carbons (Fsp3) is 0.182. The smallest absolute Gasteiger partial charge is 0.390 e. The third kappa shape index (κ3) is 9.17. The summed E-state index contributed by atoms with van der Waals surface area (Å²) in [5, 5.41) is 0. The summed E-state index contributed by atoms with van der Waals surface area (Å²) in [6, 6.07) is 18.7. The average molecular weight is 429 g/mol. The molecule has 2 aromatic rings. The standard InChI is InChI=1S/C22H22O7P/c1-17(23)26-21(15-13-19-9-5-3-6-10-19)28-30(25)29-22(27-18(2)24)16-14-20-11-7-4-8-12-20/h3-12,15-16H,13-14H2,1-2H3/q+1/b21-15-,22-16-. The van der Waals surface area contributed by atoms with Crippen molar-refractivity contribution in [3.63, 3.8) is 0 Å². The van der Waals surface area contributed by atoms with Crippen molar-refractivity contribution in [3.8, 4) is 0 Å². The number of ether oxygens (including phenoxy) is 2. The van der Waals surface area contributed by atoms with Gasteiger partial charge >= 0.3 is 32.1 Å². The van der Waals surface area contributed by atoms with Crippen LogP contribution in [-0.4, -0.2) is 11.9 Å². The fourth-order valence-electron chi connectivity index (χ4n) is 2.27. The Balaban J connectivity index is 2.05. The van der Waals surface area contributed by atoms with E-state index in [0.29, 0.717) is 12.8 Å². The van der Waals surface area contributed by atoms with Crippen molar-refractivity contribution >= 4 is 20.2 Å². The van der Waals surface area contributed by atoms with E-state index in [2.05, 4.69) is 0 Å². The lowest BCUT2D eigenvalue weighted by atomic mass is 10.1. The summed E-state index contributed by atoms with van der Waals surface area (Å²) >= 11 is 0. The van der Waals surface area contributed by atoms with Crippen molar-refractivity contribution in [2.24, 2.45) is 0 Å². The van der Waals surface area contributed by atoms with Crippen LogP contribution in [0.5, 0.6) is 0 Å². The van der Waals surface area contributed by atoms with Gasteiger partial charge in [-0.3, -0.25) is 9.59 Å². The Labute approximate surface area is 175 Å². The van der Waals surface area contributed by atoms with Gasteiger partial charge in [-0.25, -0.2) is 0 Å². The molecule has 0 heterocycles. The summed E-state index contributed by atoms with van der Waals surface area (Å²) in [5.74, 6) is -1.81. The highest BCUT2D eigenvalue weighted by atomic mass is 31.1. The van der Waals surface area contributed by atoms with E-state index in [1.807, 2.05) is 60.7 Å². The molecular formula is C22H22O7P+. The summed E-state index contributed by atoms with van der Waals surface area (Å²) in [7, 11) is -2.82. The van der Waals surface area contributed by atoms with Gasteiger partial charge < -0.3 is 9.47 Å². The van der Waals surface area contributed by atoms with Crippen LogP contribution in [0.3, 0.4) is 0 Å². The second-order valence-corrected chi connectivity index (χ2v) is 6.83. The Morgan fingerprint density at radius 3 is 1.43 bits per heavy atom. The summed E-state index contributed by atoms with van der Waals surface area (Å²) in [6.07, 6.45) is 3.69. The molecule has 2 aromatic carbocycles. The number of hydrogen-bond acceptors (Lipinski definition) is 7. The third-order valence-corrected chi connectivity index (χ3v) is 4.17. The van der Waals surface area contributed by atoms with Crippen molar-refractivity contribution < 1.29 is 32.7 Å². The normalized spacial score (nSPS) is 12.0. The van der Waals surface area contributed by atoms with Crippen LogP contribution in [0, 0.1) is 0 Å². The molecule has 0 unspecified atom stereocenters. The number of benzene rings is 2. The molecule has 0 aliphatic rings. The Morgan fingerprint density at radius 2 is 1.10 bits per heavy atom. The Bertz CT molecular complexity index is 846. The maximum atomic E-state index is 12.3. The first-order valence-electron chi connectivity index (χ1n) is 9.10. The van der Waals surface area contributed by atoms with Gasteiger partial charge in [-0.1, -0.05) is 60.7 Å². The van der Waals surface area contributed by atoms with E-state index in [4.69, 9.17) is 18.5 Å². The summed E-state index contributed by atoms with van der Waals surface area (Å²) < 4.78 is 32.4. The molecule has 0 aliphatic heterocycles. The third-order valence-electron chi connectivity index (χ3n) is 3.51. The summed E-state index contributed by atoms with van der Waals surface area (Å²) in [4.78, 5) is 22.6. The molecule has 0 saturated heterocycles. The predicted molar refractivity (Wildman–Crippen MR) is 110 cm³/mol. The zero-order chi connectivity index (χ0) is 21.8. The first kappa shape index (κ1) is 22.8. The molecule has 0 aromatic heterocycles. The van der Waals surface area contributed by atoms with Gasteiger partial charge in [0.1, 0.15) is 0 Å². The summed E-state index contributed by atoms with van der Waals surface area (Å²) in [5.41, 5.74) is 1.87. The molecule has 8 heteroatoms. The molecule has 156 valence electrons. The van der Waals surface area contributed by atoms with Crippen molar-refractivity contribution in [2.75, 3.05) is 0 Å². The van der Waals surface area contributed by atoms with Gasteiger partial charge in [0.05, 0.1) is 0 Å². The van der Waals surface area contributed by atoms with Crippen LogP contribution in [0.4, 0.5) is 0 Å². The fourth-order valence-corrected chi connectivity index (χ4v) is 2.83. The van der Waals surface area contributed by atoms with Gasteiger partial charge in [0.25, 0.3) is 0 Å². The minimum absolute atomic E-state index is 0.266. The van der Waals surface area contributed by atoms with E-state index < -0.39 is 20.2 Å². The van der Waals surface area contributed by atoms with E-state index >= 15 is 0 Å². The number of hydrogen-bond donors (Lipinski definition) is 0. The SMILES string of the molecule is CC(=O)O/C(=C/Cc1ccccc1)O[P+](=O)O/C(=C\Cc1ccccc1)OC(C)=O. The van der Waals surface area contributed by atoms with Gasteiger partial charge in [-0.15, -0.1) is 0 Å². The van der Waals surface area contributed by atoms with Crippen LogP contribution in [0.2, 0.25) is 0 Å². The highest BCUT2D eigenvalue weighted by Gasteiger charge is 2.30. The molecule has 7 nitrogen and oxygen atoms in total. The molecule has 0 aliphatic carbocycles. The topological polar surface area (TPSA) is 88.1 Å². The van der Waals surface area contributed by atoms with Crippen molar-refractivity contribution in [2.45, 2.75) is 26.7 Å². The van der Waals surface area contributed by atoms with Gasteiger partial charge in [0.2, 0.25) is 0 Å². The van der Waals surface area contributed by atoms with Crippen LogP contribution in [0.25, 0.3) is 0 Å². The second kappa shape index (κ2) is 12.2. The molecule has 0 spiro atoms. The van der Waals surface area contributed by atoms with E-state index in [0.717, 1.165) is 11.1 Å². The first-order valence-corrected chi connectivity index (χ1v) is 10.2. The molecule has 0 fully saturated rings. The van der Waals surface area contributed by atoms with Crippen molar-refractivity contribution in [1.82, 2.24) is 0 Å². The largest absolute Gasteiger partial charge is 0.811 e. The zero-order valence-corrected chi connectivity index (χ0v) is 17.5. The van der Waals surface area contributed by atoms with Gasteiger partial charge in [0, 0.05) is 30.6 Å². The van der Waals surface area contributed by atoms with Crippen molar-refractivity contribution in [1.29, 1.82) is 0 Å². The minimum atomic E-state index is -2.82. The number of esters is 2. The maximum absolute atomic E-state index is 12.3. The van der Waals surface area contributed by atoms with E-state index in [-0.39, 0.29) is 11.9 Å². The van der Waals surface area contributed by atoms with E-state index in [9.17, 15) is 14.2 Å².